The van der Waals surface area contributed by atoms with Gasteiger partial charge in [0.05, 0.1) is 10.6 Å². The molecule has 4 nitrogen and oxygen atoms in total. The lowest BCUT2D eigenvalue weighted by Crippen LogP contribution is -1.93. The standard InChI is InChI=1S/C21H16N2O2S/c1-15-9-12-19(25-15)21-16(10-11-18(24)20-8-5-13-26-20)14-23(22-21)17-6-3-2-4-7-17/h2-14H,1H3. The van der Waals surface area contributed by atoms with Crippen LogP contribution in [-0.4, -0.2) is 15.6 Å². The third-order valence-electron chi connectivity index (χ3n) is 3.92. The zero-order valence-electron chi connectivity index (χ0n) is 14.1. The van der Waals surface area contributed by atoms with Crippen LogP contribution in [0.4, 0.5) is 0 Å². The van der Waals surface area contributed by atoms with Crippen LogP contribution in [0.5, 0.6) is 0 Å². The van der Waals surface area contributed by atoms with Gasteiger partial charge >= 0.3 is 0 Å². The number of rotatable bonds is 5. The number of hydrogen-bond acceptors (Lipinski definition) is 4. The molecule has 5 heteroatoms. The largest absolute Gasteiger partial charge is 0.460 e. The van der Waals surface area contributed by atoms with E-state index >= 15 is 0 Å². The van der Waals surface area contributed by atoms with Crippen molar-refractivity contribution in [1.82, 2.24) is 9.78 Å². The number of hydrogen-bond donors (Lipinski definition) is 0. The minimum absolute atomic E-state index is 0.0194. The van der Waals surface area contributed by atoms with Gasteiger partial charge in [-0.1, -0.05) is 24.3 Å². The summed E-state index contributed by atoms with van der Waals surface area (Å²) in [5.41, 5.74) is 2.48. The number of furan rings is 1. The van der Waals surface area contributed by atoms with Gasteiger partial charge in [0.1, 0.15) is 11.5 Å². The summed E-state index contributed by atoms with van der Waals surface area (Å²) in [5, 5.41) is 6.56. The number of aromatic nitrogens is 2. The van der Waals surface area contributed by atoms with E-state index in [-0.39, 0.29) is 5.78 Å². The van der Waals surface area contributed by atoms with Gasteiger partial charge < -0.3 is 4.42 Å². The topological polar surface area (TPSA) is 48.0 Å². The summed E-state index contributed by atoms with van der Waals surface area (Å²) in [6.45, 7) is 1.90. The minimum Gasteiger partial charge on any atom is -0.460 e. The number of carbonyl (C=O) groups excluding carboxylic acids is 1. The van der Waals surface area contributed by atoms with Gasteiger partial charge in [-0.25, -0.2) is 4.68 Å². The van der Waals surface area contributed by atoms with Gasteiger partial charge in [0.15, 0.2) is 11.5 Å². The smallest absolute Gasteiger partial charge is 0.195 e. The lowest BCUT2D eigenvalue weighted by Gasteiger charge is -1.98. The molecule has 0 spiro atoms. The van der Waals surface area contributed by atoms with Crippen LogP contribution in [0.3, 0.4) is 0 Å². The Balaban J connectivity index is 1.74. The van der Waals surface area contributed by atoms with Gasteiger partial charge in [0.2, 0.25) is 0 Å². The average molecular weight is 360 g/mol. The van der Waals surface area contributed by atoms with E-state index in [9.17, 15) is 4.79 Å². The predicted octanol–water partition coefficient (Wildman–Crippen LogP) is 5.40. The molecule has 0 saturated heterocycles. The molecule has 0 saturated carbocycles. The van der Waals surface area contributed by atoms with E-state index in [4.69, 9.17) is 4.42 Å². The van der Waals surface area contributed by atoms with Crippen molar-refractivity contribution < 1.29 is 9.21 Å². The highest BCUT2D eigenvalue weighted by Crippen LogP contribution is 2.27. The number of thiophene rings is 1. The number of allylic oxidation sites excluding steroid dienone is 1. The molecule has 3 aromatic heterocycles. The summed E-state index contributed by atoms with van der Waals surface area (Å²) in [7, 11) is 0. The third kappa shape index (κ3) is 3.30. The Morgan fingerprint density at radius 2 is 1.96 bits per heavy atom. The van der Waals surface area contributed by atoms with Gasteiger partial charge in [-0.2, -0.15) is 5.10 Å². The Morgan fingerprint density at radius 1 is 1.12 bits per heavy atom. The quantitative estimate of drug-likeness (QED) is 0.354. The molecule has 4 aromatic rings. The molecule has 0 aliphatic carbocycles. The van der Waals surface area contributed by atoms with Crippen LogP contribution in [0.1, 0.15) is 21.0 Å². The van der Waals surface area contributed by atoms with Crippen molar-refractivity contribution in [1.29, 1.82) is 0 Å². The fourth-order valence-electron chi connectivity index (χ4n) is 2.64. The van der Waals surface area contributed by atoms with Gasteiger partial charge in [-0.05, 0) is 54.8 Å². The summed E-state index contributed by atoms with van der Waals surface area (Å²) in [4.78, 5) is 13.0. The first-order valence-electron chi connectivity index (χ1n) is 8.18. The van der Waals surface area contributed by atoms with Crippen molar-refractivity contribution in [2.24, 2.45) is 0 Å². The van der Waals surface area contributed by atoms with Crippen LogP contribution in [0.25, 0.3) is 23.2 Å². The highest BCUT2D eigenvalue weighted by molar-refractivity contribution is 7.12. The van der Waals surface area contributed by atoms with Gasteiger partial charge in [0, 0.05) is 11.8 Å². The predicted molar refractivity (Wildman–Crippen MR) is 104 cm³/mol. The van der Waals surface area contributed by atoms with Gasteiger partial charge in [0.25, 0.3) is 0 Å². The SMILES string of the molecule is Cc1ccc(-c2nn(-c3ccccc3)cc2C=CC(=O)c2cccs2)o1. The van der Waals surface area contributed by atoms with Gasteiger partial charge in [-0.15, -0.1) is 11.3 Å². The lowest BCUT2D eigenvalue weighted by atomic mass is 10.1. The summed E-state index contributed by atoms with van der Waals surface area (Å²) < 4.78 is 7.54. The maximum absolute atomic E-state index is 12.3. The average Bonchev–Trinajstić information content (AvgIpc) is 3.41. The molecule has 26 heavy (non-hydrogen) atoms. The van der Waals surface area contributed by atoms with E-state index in [0.29, 0.717) is 16.3 Å². The first-order chi connectivity index (χ1) is 12.7. The molecule has 0 fully saturated rings. The maximum atomic E-state index is 12.3. The Labute approximate surface area is 155 Å². The van der Waals surface area contributed by atoms with Crippen molar-refractivity contribution in [3.05, 3.63) is 88.5 Å². The molecule has 0 aliphatic heterocycles. The molecule has 1 aromatic carbocycles. The van der Waals surface area contributed by atoms with Crippen LogP contribution in [-0.2, 0) is 0 Å². The fourth-order valence-corrected chi connectivity index (χ4v) is 3.29. The van der Waals surface area contributed by atoms with Crippen molar-refractivity contribution in [2.75, 3.05) is 0 Å². The van der Waals surface area contributed by atoms with Crippen LogP contribution in [0.15, 0.2) is 76.7 Å². The van der Waals surface area contributed by atoms with Gasteiger partial charge in [-0.3, -0.25) is 4.79 Å². The van der Waals surface area contributed by atoms with Crippen LogP contribution >= 0.6 is 11.3 Å². The van der Waals surface area contributed by atoms with E-state index in [1.165, 1.54) is 11.3 Å². The minimum atomic E-state index is -0.0194. The summed E-state index contributed by atoms with van der Waals surface area (Å²) in [5.74, 6) is 1.48. The zero-order valence-corrected chi connectivity index (χ0v) is 14.9. The summed E-state index contributed by atoms with van der Waals surface area (Å²) in [6.07, 6.45) is 5.28. The van der Waals surface area contributed by atoms with Crippen molar-refractivity contribution in [3.8, 4) is 17.1 Å². The molecule has 0 N–H and O–H groups in total. The molecule has 0 atom stereocenters. The van der Waals surface area contributed by atoms with Crippen LogP contribution < -0.4 is 0 Å². The first kappa shape index (κ1) is 16.3. The van der Waals surface area contributed by atoms with E-state index in [1.807, 2.05) is 73.1 Å². The molecular formula is C21H16N2O2S. The van der Waals surface area contributed by atoms with Crippen molar-refractivity contribution >= 4 is 23.2 Å². The number of nitrogens with zero attached hydrogens (tertiary/aromatic N) is 2. The fraction of sp³-hybridized carbons (Fsp3) is 0.0476. The number of carbonyl (C=O) groups is 1. The normalized spacial score (nSPS) is 11.3. The first-order valence-corrected chi connectivity index (χ1v) is 9.06. The molecule has 0 bridgehead atoms. The summed E-state index contributed by atoms with van der Waals surface area (Å²) in [6, 6.07) is 17.3. The van der Waals surface area contributed by atoms with Crippen molar-refractivity contribution in [3.63, 3.8) is 0 Å². The second kappa shape index (κ2) is 6.98. The molecule has 0 aliphatic rings. The molecule has 3 heterocycles. The molecular weight excluding hydrogens is 344 g/mol. The highest BCUT2D eigenvalue weighted by Gasteiger charge is 2.14. The lowest BCUT2D eigenvalue weighted by molar-refractivity contribution is 0.105. The summed E-state index contributed by atoms with van der Waals surface area (Å²) >= 11 is 1.43. The Hall–Kier alpha value is -3.18. The third-order valence-corrected chi connectivity index (χ3v) is 4.80. The van der Waals surface area contributed by atoms with Crippen molar-refractivity contribution in [2.45, 2.75) is 6.92 Å². The Morgan fingerprint density at radius 3 is 2.65 bits per heavy atom. The van der Waals surface area contributed by atoms with Crippen LogP contribution in [0, 0.1) is 6.92 Å². The number of ketones is 1. The van der Waals surface area contributed by atoms with E-state index in [1.54, 1.807) is 16.8 Å². The molecule has 0 amide bonds. The van der Waals surface area contributed by atoms with E-state index in [2.05, 4.69) is 5.10 Å². The number of para-hydroxylation sites is 1. The zero-order chi connectivity index (χ0) is 17.9. The maximum Gasteiger partial charge on any atom is 0.195 e. The number of aryl methyl sites for hydroxylation is 1. The van der Waals surface area contributed by atoms with E-state index in [0.717, 1.165) is 17.0 Å². The second-order valence-corrected chi connectivity index (χ2v) is 6.75. The molecule has 128 valence electrons. The Bertz CT molecular complexity index is 1060. The van der Waals surface area contributed by atoms with Crippen LogP contribution in [0.2, 0.25) is 0 Å². The molecule has 4 rings (SSSR count). The Kier molecular flexibility index (Phi) is 4.37. The second-order valence-electron chi connectivity index (χ2n) is 5.80. The highest BCUT2D eigenvalue weighted by atomic mass is 32.1. The molecule has 0 radical (unpaired) electrons. The molecule has 0 unspecified atom stereocenters. The number of benzene rings is 1. The monoisotopic (exact) mass is 360 g/mol. The van der Waals surface area contributed by atoms with E-state index < -0.39 is 0 Å².